The minimum atomic E-state index is -1.04. The van der Waals surface area contributed by atoms with E-state index in [-0.39, 0.29) is 11.0 Å². The summed E-state index contributed by atoms with van der Waals surface area (Å²) in [6.07, 6.45) is 1.82. The van der Waals surface area contributed by atoms with Gasteiger partial charge in [-0.15, -0.1) is 0 Å². The summed E-state index contributed by atoms with van der Waals surface area (Å²) in [5, 5.41) is 0.0202. The topological polar surface area (TPSA) is 34.1 Å². The SMILES string of the molecule is O=C1CCC(S(=O)c2cccc(Br)c2)C1. The maximum absolute atomic E-state index is 12.1. The molecule has 2 nitrogen and oxygen atoms in total. The molecule has 2 unspecified atom stereocenters. The van der Waals surface area contributed by atoms with Gasteiger partial charge in [-0.25, -0.2) is 0 Å². The molecule has 1 saturated carbocycles. The highest BCUT2D eigenvalue weighted by atomic mass is 79.9. The second-order valence-electron chi connectivity index (χ2n) is 3.66. The molecule has 0 saturated heterocycles. The third kappa shape index (κ3) is 2.55. The van der Waals surface area contributed by atoms with E-state index in [1.807, 2.05) is 24.3 Å². The second kappa shape index (κ2) is 4.58. The number of hydrogen-bond donors (Lipinski definition) is 0. The molecule has 2 rings (SSSR count). The quantitative estimate of drug-likeness (QED) is 0.838. The molecule has 1 aliphatic rings. The van der Waals surface area contributed by atoms with Crippen LogP contribution in [0.3, 0.4) is 0 Å². The van der Waals surface area contributed by atoms with Crippen LogP contribution in [0.1, 0.15) is 19.3 Å². The molecule has 15 heavy (non-hydrogen) atoms. The van der Waals surface area contributed by atoms with Gasteiger partial charge in [-0.2, -0.15) is 0 Å². The summed E-state index contributed by atoms with van der Waals surface area (Å²) in [4.78, 5) is 11.9. The number of benzene rings is 1. The second-order valence-corrected chi connectivity index (χ2v) is 6.31. The van der Waals surface area contributed by atoms with Crippen molar-refractivity contribution in [2.75, 3.05) is 0 Å². The van der Waals surface area contributed by atoms with Gasteiger partial charge in [-0.05, 0) is 24.6 Å². The number of Topliss-reactive ketones (excluding diaryl/α,β-unsaturated/α-hetero) is 1. The van der Waals surface area contributed by atoms with Gasteiger partial charge in [0.2, 0.25) is 0 Å². The van der Waals surface area contributed by atoms with Crippen molar-refractivity contribution in [1.82, 2.24) is 0 Å². The van der Waals surface area contributed by atoms with Crippen LogP contribution < -0.4 is 0 Å². The number of hydrogen-bond acceptors (Lipinski definition) is 2. The molecular weight excluding hydrogens is 276 g/mol. The minimum absolute atomic E-state index is 0.0202. The van der Waals surface area contributed by atoms with Crippen LogP contribution >= 0.6 is 15.9 Å². The molecule has 0 spiro atoms. The predicted octanol–water partition coefficient (Wildman–Crippen LogP) is 2.68. The molecule has 4 heteroatoms. The van der Waals surface area contributed by atoms with E-state index in [2.05, 4.69) is 15.9 Å². The fraction of sp³-hybridized carbons (Fsp3) is 0.364. The first-order valence-corrected chi connectivity index (χ1v) is 6.85. The average molecular weight is 287 g/mol. The average Bonchev–Trinajstić information content (AvgIpc) is 2.64. The summed E-state index contributed by atoms with van der Waals surface area (Å²) in [6, 6.07) is 7.48. The van der Waals surface area contributed by atoms with Crippen LogP contribution in [0.2, 0.25) is 0 Å². The Kier molecular flexibility index (Phi) is 3.36. The van der Waals surface area contributed by atoms with Gasteiger partial charge in [-0.1, -0.05) is 22.0 Å². The molecule has 0 aliphatic heterocycles. The molecule has 2 atom stereocenters. The summed E-state index contributed by atoms with van der Waals surface area (Å²) in [7, 11) is -1.04. The maximum atomic E-state index is 12.1. The van der Waals surface area contributed by atoms with Crippen molar-refractivity contribution in [3.63, 3.8) is 0 Å². The summed E-state index contributed by atoms with van der Waals surface area (Å²) < 4.78 is 13.0. The van der Waals surface area contributed by atoms with Crippen LogP contribution in [0.15, 0.2) is 33.6 Å². The van der Waals surface area contributed by atoms with E-state index in [4.69, 9.17) is 0 Å². The summed E-state index contributed by atoms with van der Waals surface area (Å²) >= 11 is 3.35. The predicted molar refractivity (Wildman–Crippen MR) is 63.2 cm³/mol. The van der Waals surface area contributed by atoms with E-state index >= 15 is 0 Å². The van der Waals surface area contributed by atoms with Crippen molar-refractivity contribution < 1.29 is 9.00 Å². The van der Waals surface area contributed by atoms with Crippen LogP contribution in [0, 0.1) is 0 Å². The van der Waals surface area contributed by atoms with Gasteiger partial charge < -0.3 is 0 Å². The zero-order valence-electron chi connectivity index (χ0n) is 8.11. The van der Waals surface area contributed by atoms with E-state index in [9.17, 15) is 9.00 Å². The third-order valence-electron chi connectivity index (χ3n) is 2.53. The molecule has 0 radical (unpaired) electrons. The lowest BCUT2D eigenvalue weighted by Gasteiger charge is -2.08. The molecule has 1 aromatic carbocycles. The fourth-order valence-corrected chi connectivity index (χ4v) is 3.81. The Morgan fingerprint density at radius 2 is 2.20 bits per heavy atom. The first-order chi connectivity index (χ1) is 7.16. The number of carbonyl (C=O) groups is 1. The normalized spacial score (nSPS) is 23.0. The molecular formula is C11H11BrO2S. The molecule has 0 aromatic heterocycles. The first kappa shape index (κ1) is 11.0. The monoisotopic (exact) mass is 286 g/mol. The van der Waals surface area contributed by atoms with E-state index in [1.54, 1.807) is 0 Å². The summed E-state index contributed by atoms with van der Waals surface area (Å²) in [5.41, 5.74) is 0. The Labute approximate surface area is 99.7 Å². The van der Waals surface area contributed by atoms with Gasteiger partial charge in [0.1, 0.15) is 5.78 Å². The zero-order chi connectivity index (χ0) is 10.8. The Bertz CT molecular complexity index is 417. The molecule has 1 aliphatic carbocycles. The molecule has 80 valence electrons. The summed E-state index contributed by atoms with van der Waals surface area (Å²) in [5.74, 6) is 0.239. The van der Waals surface area contributed by atoms with E-state index in [0.717, 1.165) is 15.8 Å². The van der Waals surface area contributed by atoms with Crippen LogP contribution in [-0.4, -0.2) is 15.2 Å². The number of ketones is 1. The molecule has 0 bridgehead atoms. The van der Waals surface area contributed by atoms with Crippen molar-refractivity contribution in [1.29, 1.82) is 0 Å². The van der Waals surface area contributed by atoms with Crippen molar-refractivity contribution in [2.45, 2.75) is 29.4 Å². The van der Waals surface area contributed by atoms with Gasteiger partial charge in [0, 0.05) is 27.5 Å². The van der Waals surface area contributed by atoms with Crippen molar-refractivity contribution in [2.24, 2.45) is 0 Å². The molecule has 0 N–H and O–H groups in total. The summed E-state index contributed by atoms with van der Waals surface area (Å²) in [6.45, 7) is 0. The Hall–Kier alpha value is -0.480. The van der Waals surface area contributed by atoms with Crippen LogP contribution in [0.5, 0.6) is 0 Å². The van der Waals surface area contributed by atoms with Crippen molar-refractivity contribution >= 4 is 32.5 Å². The van der Waals surface area contributed by atoms with Crippen molar-refractivity contribution in [3.05, 3.63) is 28.7 Å². The molecule has 1 fully saturated rings. The zero-order valence-corrected chi connectivity index (χ0v) is 10.5. The Morgan fingerprint density at radius 3 is 2.80 bits per heavy atom. The van der Waals surface area contributed by atoms with Crippen LogP contribution in [0.4, 0.5) is 0 Å². The largest absolute Gasteiger partial charge is 0.300 e. The van der Waals surface area contributed by atoms with Crippen LogP contribution in [0.25, 0.3) is 0 Å². The lowest BCUT2D eigenvalue weighted by atomic mass is 10.4. The number of rotatable bonds is 2. The Balaban J connectivity index is 2.17. The Morgan fingerprint density at radius 1 is 1.40 bits per heavy atom. The maximum Gasteiger partial charge on any atom is 0.134 e. The van der Waals surface area contributed by atoms with E-state index in [0.29, 0.717) is 12.8 Å². The highest BCUT2D eigenvalue weighted by Gasteiger charge is 2.27. The van der Waals surface area contributed by atoms with E-state index in [1.165, 1.54) is 0 Å². The standard InChI is InChI=1S/C11H11BrO2S/c12-8-2-1-3-10(6-8)15(14)11-5-4-9(13)7-11/h1-3,6,11H,4-5,7H2. The molecule has 1 aromatic rings. The van der Waals surface area contributed by atoms with Gasteiger partial charge in [0.15, 0.2) is 0 Å². The highest BCUT2D eigenvalue weighted by Crippen LogP contribution is 2.25. The fourth-order valence-electron chi connectivity index (χ4n) is 1.75. The lowest BCUT2D eigenvalue weighted by molar-refractivity contribution is -0.117. The van der Waals surface area contributed by atoms with Gasteiger partial charge in [0.25, 0.3) is 0 Å². The van der Waals surface area contributed by atoms with E-state index < -0.39 is 10.8 Å². The highest BCUT2D eigenvalue weighted by molar-refractivity contribution is 9.10. The van der Waals surface area contributed by atoms with Gasteiger partial charge >= 0.3 is 0 Å². The van der Waals surface area contributed by atoms with Gasteiger partial charge in [0.05, 0.1) is 10.8 Å². The third-order valence-corrected chi connectivity index (χ3v) is 4.75. The smallest absolute Gasteiger partial charge is 0.134 e. The lowest BCUT2D eigenvalue weighted by Crippen LogP contribution is -2.11. The van der Waals surface area contributed by atoms with Gasteiger partial charge in [-0.3, -0.25) is 9.00 Å². The minimum Gasteiger partial charge on any atom is -0.300 e. The van der Waals surface area contributed by atoms with Crippen molar-refractivity contribution in [3.8, 4) is 0 Å². The van der Waals surface area contributed by atoms with Crippen LogP contribution in [-0.2, 0) is 15.6 Å². The first-order valence-electron chi connectivity index (χ1n) is 4.84. The molecule has 0 amide bonds. The molecule has 0 heterocycles. The number of halogens is 1. The number of carbonyl (C=O) groups excluding carboxylic acids is 1.